The second-order valence-electron chi connectivity index (χ2n) is 6.24. The highest BCUT2D eigenvalue weighted by Gasteiger charge is 2.27. The molecular weight excluding hydrogens is 380 g/mol. The molecule has 8 nitrogen and oxygen atoms in total. The van der Waals surface area contributed by atoms with Gasteiger partial charge in [-0.15, -0.1) is 0 Å². The zero-order chi connectivity index (χ0) is 20.1. The van der Waals surface area contributed by atoms with Crippen molar-refractivity contribution in [1.82, 2.24) is 15.2 Å². The van der Waals surface area contributed by atoms with E-state index in [4.69, 9.17) is 5.26 Å². The third-order valence-electron chi connectivity index (χ3n) is 4.34. The number of carbonyl (C=O) groups is 2. The summed E-state index contributed by atoms with van der Waals surface area (Å²) < 4.78 is 26.6. The van der Waals surface area contributed by atoms with Gasteiger partial charge in [0.1, 0.15) is 0 Å². The van der Waals surface area contributed by atoms with Crippen molar-refractivity contribution in [2.75, 3.05) is 13.1 Å². The third-order valence-corrected chi connectivity index (χ3v) is 6.24. The number of hydrogen-bond acceptors (Lipinski definition) is 5. The first kappa shape index (κ1) is 19.5. The van der Waals surface area contributed by atoms with Crippen LogP contribution in [0, 0.1) is 11.3 Å². The van der Waals surface area contributed by atoms with Gasteiger partial charge in [0.25, 0.3) is 11.8 Å². The molecule has 2 aromatic carbocycles. The van der Waals surface area contributed by atoms with Gasteiger partial charge >= 0.3 is 0 Å². The Kier molecular flexibility index (Phi) is 5.73. The van der Waals surface area contributed by atoms with Crippen molar-refractivity contribution in [2.45, 2.75) is 17.7 Å². The van der Waals surface area contributed by atoms with Crippen LogP contribution in [0.3, 0.4) is 0 Å². The number of nitrogens with one attached hydrogen (secondary N) is 2. The topological polar surface area (TPSA) is 119 Å². The first-order valence-corrected chi connectivity index (χ1v) is 10.1. The van der Waals surface area contributed by atoms with Crippen molar-refractivity contribution in [3.63, 3.8) is 0 Å². The van der Waals surface area contributed by atoms with E-state index in [1.54, 1.807) is 12.1 Å². The molecule has 144 valence electrons. The molecule has 1 saturated heterocycles. The second kappa shape index (κ2) is 8.21. The van der Waals surface area contributed by atoms with Crippen molar-refractivity contribution in [3.8, 4) is 6.07 Å². The van der Waals surface area contributed by atoms with E-state index in [1.165, 1.54) is 40.7 Å². The smallest absolute Gasteiger partial charge is 0.267 e. The lowest BCUT2D eigenvalue weighted by atomic mass is 10.1. The van der Waals surface area contributed by atoms with E-state index in [9.17, 15) is 18.0 Å². The zero-order valence-electron chi connectivity index (χ0n) is 14.9. The average molecular weight is 398 g/mol. The summed E-state index contributed by atoms with van der Waals surface area (Å²) in [6, 6.07) is 13.6. The number of sulfonamides is 1. The van der Waals surface area contributed by atoms with E-state index in [2.05, 4.69) is 10.9 Å². The molecule has 28 heavy (non-hydrogen) atoms. The summed E-state index contributed by atoms with van der Waals surface area (Å²) in [6.45, 7) is 0.938. The third kappa shape index (κ3) is 4.19. The summed E-state index contributed by atoms with van der Waals surface area (Å²) in [5, 5.41) is 8.88. The quantitative estimate of drug-likeness (QED) is 0.755. The zero-order valence-corrected chi connectivity index (χ0v) is 15.7. The van der Waals surface area contributed by atoms with Gasteiger partial charge in [-0.05, 0) is 49.2 Å². The summed E-state index contributed by atoms with van der Waals surface area (Å²) in [5.41, 5.74) is 5.14. The summed E-state index contributed by atoms with van der Waals surface area (Å²) in [6.07, 6.45) is 1.64. The maximum absolute atomic E-state index is 12.6. The highest BCUT2D eigenvalue weighted by atomic mass is 32.2. The molecule has 1 aliphatic heterocycles. The molecule has 0 saturated carbocycles. The molecule has 1 heterocycles. The molecule has 0 aliphatic carbocycles. The van der Waals surface area contributed by atoms with Gasteiger partial charge in [0.2, 0.25) is 10.0 Å². The predicted octanol–water partition coefficient (Wildman–Crippen LogP) is 1.42. The van der Waals surface area contributed by atoms with Crippen LogP contribution < -0.4 is 10.9 Å². The van der Waals surface area contributed by atoms with Gasteiger partial charge in [-0.25, -0.2) is 8.42 Å². The molecule has 9 heteroatoms. The Morgan fingerprint density at radius 1 is 0.929 bits per heavy atom. The molecular formula is C19H18N4O4S. The number of carbonyl (C=O) groups excluding carboxylic acids is 2. The highest BCUT2D eigenvalue weighted by Crippen LogP contribution is 2.21. The van der Waals surface area contributed by atoms with Crippen molar-refractivity contribution < 1.29 is 18.0 Å². The Balaban J connectivity index is 1.69. The van der Waals surface area contributed by atoms with Crippen LogP contribution in [-0.2, 0) is 10.0 Å². The molecule has 0 radical (unpaired) electrons. The number of rotatable bonds is 4. The largest absolute Gasteiger partial charge is 0.269 e. The lowest BCUT2D eigenvalue weighted by molar-refractivity contribution is 0.0846. The molecule has 2 amide bonds. The van der Waals surface area contributed by atoms with Crippen LogP contribution in [0.5, 0.6) is 0 Å². The molecule has 2 N–H and O–H groups in total. The normalized spacial score (nSPS) is 14.2. The van der Waals surface area contributed by atoms with Crippen LogP contribution in [0.1, 0.15) is 39.1 Å². The van der Waals surface area contributed by atoms with Crippen molar-refractivity contribution >= 4 is 21.8 Å². The van der Waals surface area contributed by atoms with Gasteiger partial charge in [-0.1, -0.05) is 12.1 Å². The van der Waals surface area contributed by atoms with E-state index in [0.29, 0.717) is 18.7 Å². The predicted molar refractivity (Wildman–Crippen MR) is 101 cm³/mol. The van der Waals surface area contributed by atoms with Gasteiger partial charge in [-0.2, -0.15) is 9.57 Å². The minimum Gasteiger partial charge on any atom is -0.267 e. The lowest BCUT2D eigenvalue weighted by Gasteiger charge is -2.16. The summed E-state index contributed by atoms with van der Waals surface area (Å²) in [7, 11) is -3.64. The standard InChI is InChI=1S/C19H18N4O4S/c20-13-14-5-3-6-15(11-14)18(24)21-22-19(25)16-7-4-8-17(12-16)28(26,27)23-9-1-2-10-23/h3-8,11-12H,1-2,9-10H2,(H,21,24)(H,22,25). The molecule has 0 aromatic heterocycles. The fraction of sp³-hybridized carbons (Fsp3) is 0.211. The van der Waals surface area contributed by atoms with Crippen LogP contribution in [0.25, 0.3) is 0 Å². The maximum atomic E-state index is 12.6. The number of hydrazine groups is 1. The van der Waals surface area contributed by atoms with Gasteiger partial charge < -0.3 is 0 Å². The number of amides is 2. The molecule has 0 bridgehead atoms. The number of hydrogen-bond donors (Lipinski definition) is 2. The van der Waals surface area contributed by atoms with Gasteiger partial charge in [0, 0.05) is 24.2 Å². The number of nitrogens with zero attached hydrogens (tertiary/aromatic N) is 2. The fourth-order valence-electron chi connectivity index (χ4n) is 2.86. The maximum Gasteiger partial charge on any atom is 0.269 e. The highest BCUT2D eigenvalue weighted by molar-refractivity contribution is 7.89. The Hall–Kier alpha value is -3.22. The van der Waals surface area contributed by atoms with E-state index in [0.717, 1.165) is 12.8 Å². The second-order valence-corrected chi connectivity index (χ2v) is 8.18. The first-order chi connectivity index (χ1) is 13.4. The van der Waals surface area contributed by atoms with Crippen LogP contribution in [0.15, 0.2) is 53.4 Å². The SMILES string of the molecule is N#Cc1cccc(C(=O)NNC(=O)c2cccc(S(=O)(=O)N3CCCC3)c2)c1. The lowest BCUT2D eigenvalue weighted by Crippen LogP contribution is -2.41. The Morgan fingerprint density at radius 2 is 1.50 bits per heavy atom. The number of benzene rings is 2. The van der Waals surface area contributed by atoms with Gasteiger partial charge in [-0.3, -0.25) is 20.4 Å². The molecule has 0 atom stereocenters. The van der Waals surface area contributed by atoms with Crippen molar-refractivity contribution in [3.05, 3.63) is 65.2 Å². The van der Waals surface area contributed by atoms with Crippen molar-refractivity contribution in [2.24, 2.45) is 0 Å². The molecule has 1 fully saturated rings. The Bertz CT molecular complexity index is 1050. The molecule has 3 rings (SSSR count). The molecule has 0 spiro atoms. The monoisotopic (exact) mass is 398 g/mol. The van der Waals surface area contributed by atoms with E-state index < -0.39 is 21.8 Å². The van der Waals surface area contributed by atoms with Crippen LogP contribution >= 0.6 is 0 Å². The van der Waals surface area contributed by atoms with Gasteiger partial charge in [0.05, 0.1) is 16.5 Å². The Morgan fingerprint density at radius 3 is 2.11 bits per heavy atom. The summed E-state index contributed by atoms with van der Waals surface area (Å²) in [5.74, 6) is -1.24. The minimum absolute atomic E-state index is 0.0371. The molecule has 2 aromatic rings. The summed E-state index contributed by atoms with van der Waals surface area (Å²) >= 11 is 0. The summed E-state index contributed by atoms with van der Waals surface area (Å²) in [4.78, 5) is 24.5. The van der Waals surface area contributed by atoms with E-state index in [-0.39, 0.29) is 16.0 Å². The van der Waals surface area contributed by atoms with E-state index >= 15 is 0 Å². The van der Waals surface area contributed by atoms with Crippen LogP contribution in [-0.4, -0.2) is 37.6 Å². The van der Waals surface area contributed by atoms with Gasteiger partial charge in [0.15, 0.2) is 0 Å². The van der Waals surface area contributed by atoms with E-state index in [1.807, 2.05) is 6.07 Å². The van der Waals surface area contributed by atoms with Crippen LogP contribution in [0.4, 0.5) is 0 Å². The fourth-order valence-corrected chi connectivity index (χ4v) is 4.43. The molecule has 0 unspecified atom stereocenters. The first-order valence-electron chi connectivity index (χ1n) is 8.63. The number of nitriles is 1. The Labute approximate surface area is 162 Å². The van der Waals surface area contributed by atoms with Crippen LogP contribution in [0.2, 0.25) is 0 Å². The van der Waals surface area contributed by atoms with Crippen molar-refractivity contribution in [1.29, 1.82) is 5.26 Å². The molecule has 1 aliphatic rings. The average Bonchev–Trinajstić information content (AvgIpc) is 3.27. The minimum atomic E-state index is -3.64.